The first kappa shape index (κ1) is 17.4. The maximum atomic E-state index is 14.5. The zero-order valence-corrected chi connectivity index (χ0v) is 13.8. The molecule has 1 unspecified atom stereocenters. The number of carbonyl (C=O) groups is 2. The van der Waals surface area contributed by atoms with E-state index in [4.69, 9.17) is 9.47 Å². The lowest BCUT2D eigenvalue weighted by atomic mass is 10.2. The van der Waals surface area contributed by atoms with Crippen LogP contribution in [0, 0.1) is 5.82 Å². The van der Waals surface area contributed by atoms with Gasteiger partial charge in [-0.25, -0.2) is 14.1 Å². The lowest BCUT2D eigenvalue weighted by Gasteiger charge is -2.29. The molecule has 2 aliphatic heterocycles. The van der Waals surface area contributed by atoms with E-state index in [0.29, 0.717) is 32.0 Å². The number of hydrogen-bond donors (Lipinski definition) is 2. The maximum absolute atomic E-state index is 14.5. The molecule has 0 bridgehead atoms. The molecule has 0 aromatic heterocycles. The number of aliphatic hydroxyl groups excluding tert-OH is 1. The Labute approximate surface area is 144 Å². The molecule has 9 heteroatoms. The van der Waals surface area contributed by atoms with Gasteiger partial charge in [-0.1, -0.05) is 0 Å². The lowest BCUT2D eigenvalue weighted by molar-refractivity contribution is -0.119. The van der Waals surface area contributed by atoms with Gasteiger partial charge in [-0.2, -0.15) is 0 Å². The van der Waals surface area contributed by atoms with E-state index in [9.17, 15) is 19.1 Å². The van der Waals surface area contributed by atoms with Crippen LogP contribution in [0.5, 0.6) is 0 Å². The fourth-order valence-corrected chi connectivity index (χ4v) is 2.88. The van der Waals surface area contributed by atoms with Crippen LogP contribution < -0.4 is 15.1 Å². The molecule has 0 spiro atoms. The Balaban J connectivity index is 1.75. The monoisotopic (exact) mass is 353 g/mol. The van der Waals surface area contributed by atoms with Crippen LogP contribution >= 0.6 is 0 Å². The van der Waals surface area contributed by atoms with E-state index in [2.05, 4.69) is 5.32 Å². The summed E-state index contributed by atoms with van der Waals surface area (Å²) in [5, 5.41) is 12.8. The predicted molar refractivity (Wildman–Crippen MR) is 86.9 cm³/mol. The molecule has 1 aromatic rings. The number of morpholine rings is 1. The van der Waals surface area contributed by atoms with Crippen LogP contribution in [0.1, 0.15) is 6.92 Å². The number of anilines is 2. The van der Waals surface area contributed by atoms with Gasteiger partial charge in [-0.05, 0) is 18.2 Å². The summed E-state index contributed by atoms with van der Waals surface area (Å²) >= 11 is 0. The third-order valence-electron chi connectivity index (χ3n) is 4.16. The summed E-state index contributed by atoms with van der Waals surface area (Å²) in [5.41, 5.74) is 0.612. The Morgan fingerprint density at radius 2 is 2.12 bits per heavy atom. The SMILES string of the molecule is CC(=O)NC[C@@H]1OC(=O)N(c2ccc(N3CCOCC3)c(F)c2)C1O. The second-order valence-corrected chi connectivity index (χ2v) is 5.88. The maximum Gasteiger partial charge on any atom is 0.417 e. The second kappa shape index (κ2) is 7.24. The molecule has 0 aliphatic carbocycles. The van der Waals surface area contributed by atoms with Crippen molar-refractivity contribution in [2.75, 3.05) is 42.6 Å². The Hall–Kier alpha value is -2.39. The summed E-state index contributed by atoms with van der Waals surface area (Å²) < 4.78 is 24.8. The third kappa shape index (κ3) is 3.67. The number of carbonyl (C=O) groups excluding carboxylic acids is 2. The molecule has 2 saturated heterocycles. The Kier molecular flexibility index (Phi) is 5.05. The first-order valence-corrected chi connectivity index (χ1v) is 8.02. The van der Waals surface area contributed by atoms with Crippen LogP contribution in [0.4, 0.5) is 20.6 Å². The zero-order chi connectivity index (χ0) is 18.0. The van der Waals surface area contributed by atoms with Gasteiger partial charge < -0.3 is 24.8 Å². The van der Waals surface area contributed by atoms with Crippen LogP contribution in [-0.4, -0.2) is 62.3 Å². The van der Waals surface area contributed by atoms with Crippen molar-refractivity contribution in [2.24, 2.45) is 0 Å². The van der Waals surface area contributed by atoms with Crippen LogP contribution in [-0.2, 0) is 14.3 Å². The molecule has 2 atom stereocenters. The minimum Gasteiger partial charge on any atom is -0.439 e. The summed E-state index contributed by atoms with van der Waals surface area (Å²) in [6.07, 6.45) is -3.02. The van der Waals surface area contributed by atoms with Gasteiger partial charge in [0.05, 0.1) is 31.1 Å². The van der Waals surface area contributed by atoms with Gasteiger partial charge in [0.1, 0.15) is 5.82 Å². The van der Waals surface area contributed by atoms with Crippen molar-refractivity contribution in [1.82, 2.24) is 5.32 Å². The van der Waals surface area contributed by atoms with E-state index in [-0.39, 0.29) is 18.1 Å². The Bertz CT molecular complexity index is 665. The fourth-order valence-electron chi connectivity index (χ4n) is 2.88. The van der Waals surface area contributed by atoms with Crippen molar-refractivity contribution >= 4 is 23.4 Å². The minimum absolute atomic E-state index is 0.0208. The molecule has 25 heavy (non-hydrogen) atoms. The van der Waals surface area contributed by atoms with Crippen LogP contribution in [0.3, 0.4) is 0 Å². The highest BCUT2D eigenvalue weighted by Gasteiger charge is 2.41. The standard InChI is InChI=1S/C16H20FN3O5/c1-10(21)18-9-14-15(22)20(16(23)25-14)11-2-3-13(12(17)8-11)19-4-6-24-7-5-19/h2-3,8,14-15,22H,4-7,9H2,1H3,(H,18,21)/t14-,15?/m0/s1. The highest BCUT2D eigenvalue weighted by atomic mass is 19.1. The lowest BCUT2D eigenvalue weighted by Crippen LogP contribution is -2.41. The summed E-state index contributed by atoms with van der Waals surface area (Å²) in [6, 6.07) is 4.31. The number of cyclic esters (lactones) is 1. The highest BCUT2D eigenvalue weighted by Crippen LogP contribution is 2.30. The average molecular weight is 353 g/mol. The quantitative estimate of drug-likeness (QED) is 0.816. The number of amides is 2. The van der Waals surface area contributed by atoms with Gasteiger partial charge in [-0.3, -0.25) is 4.79 Å². The van der Waals surface area contributed by atoms with Gasteiger partial charge in [0.2, 0.25) is 5.91 Å². The minimum atomic E-state index is -1.31. The Morgan fingerprint density at radius 1 is 1.40 bits per heavy atom. The number of rotatable bonds is 4. The van der Waals surface area contributed by atoms with Gasteiger partial charge in [-0.15, -0.1) is 0 Å². The highest BCUT2D eigenvalue weighted by molar-refractivity contribution is 5.90. The summed E-state index contributed by atoms with van der Waals surface area (Å²) in [7, 11) is 0. The molecule has 0 saturated carbocycles. The van der Waals surface area contributed by atoms with E-state index >= 15 is 0 Å². The van der Waals surface area contributed by atoms with Crippen molar-refractivity contribution in [2.45, 2.75) is 19.3 Å². The number of aliphatic hydroxyl groups is 1. The molecular formula is C16H20FN3O5. The van der Waals surface area contributed by atoms with E-state index in [0.717, 1.165) is 4.90 Å². The number of nitrogens with zero attached hydrogens (tertiary/aromatic N) is 2. The fraction of sp³-hybridized carbons (Fsp3) is 0.500. The van der Waals surface area contributed by atoms with Crippen molar-refractivity contribution in [3.63, 3.8) is 0 Å². The van der Waals surface area contributed by atoms with Crippen LogP contribution in [0.15, 0.2) is 18.2 Å². The van der Waals surface area contributed by atoms with E-state index in [1.54, 1.807) is 12.1 Å². The molecule has 2 amide bonds. The second-order valence-electron chi connectivity index (χ2n) is 5.88. The van der Waals surface area contributed by atoms with Gasteiger partial charge >= 0.3 is 6.09 Å². The number of halogens is 1. The first-order valence-electron chi connectivity index (χ1n) is 8.02. The molecule has 136 valence electrons. The predicted octanol–water partition coefficient (Wildman–Crippen LogP) is 0.442. The summed E-state index contributed by atoms with van der Waals surface area (Å²) in [6.45, 7) is 3.53. The van der Waals surface area contributed by atoms with Crippen molar-refractivity contribution < 1.29 is 28.6 Å². The van der Waals surface area contributed by atoms with E-state index < -0.39 is 24.2 Å². The number of nitrogens with one attached hydrogen (secondary N) is 1. The van der Waals surface area contributed by atoms with Gasteiger partial charge in [0.25, 0.3) is 0 Å². The Morgan fingerprint density at radius 3 is 2.76 bits per heavy atom. The number of ether oxygens (including phenoxy) is 2. The normalized spacial score (nSPS) is 23.6. The van der Waals surface area contributed by atoms with Crippen molar-refractivity contribution in [1.29, 1.82) is 0 Å². The van der Waals surface area contributed by atoms with E-state index in [1.807, 2.05) is 4.90 Å². The van der Waals surface area contributed by atoms with Gasteiger partial charge in [0, 0.05) is 20.0 Å². The van der Waals surface area contributed by atoms with Crippen molar-refractivity contribution in [3.8, 4) is 0 Å². The number of hydrogen-bond acceptors (Lipinski definition) is 6. The van der Waals surface area contributed by atoms with E-state index in [1.165, 1.54) is 13.0 Å². The molecule has 2 aliphatic rings. The largest absolute Gasteiger partial charge is 0.439 e. The molecule has 2 fully saturated rings. The summed E-state index contributed by atoms with van der Waals surface area (Å²) in [5.74, 6) is -0.799. The van der Waals surface area contributed by atoms with Crippen LogP contribution in [0.25, 0.3) is 0 Å². The first-order chi connectivity index (χ1) is 12.0. The zero-order valence-electron chi connectivity index (χ0n) is 13.8. The third-order valence-corrected chi connectivity index (χ3v) is 4.16. The summed E-state index contributed by atoms with van der Waals surface area (Å²) in [4.78, 5) is 25.8. The molecular weight excluding hydrogens is 333 g/mol. The molecule has 0 radical (unpaired) electrons. The smallest absolute Gasteiger partial charge is 0.417 e. The van der Waals surface area contributed by atoms with Gasteiger partial charge in [0.15, 0.2) is 12.3 Å². The topological polar surface area (TPSA) is 91.3 Å². The molecule has 2 heterocycles. The molecule has 1 aromatic carbocycles. The van der Waals surface area contributed by atoms with Crippen LogP contribution in [0.2, 0.25) is 0 Å². The number of benzene rings is 1. The molecule has 8 nitrogen and oxygen atoms in total. The molecule has 3 rings (SSSR count). The average Bonchev–Trinajstić information content (AvgIpc) is 2.87. The van der Waals surface area contributed by atoms with Crippen molar-refractivity contribution in [3.05, 3.63) is 24.0 Å². The molecule has 2 N–H and O–H groups in total.